The van der Waals surface area contributed by atoms with Crippen molar-refractivity contribution in [3.8, 4) is 0 Å². The van der Waals surface area contributed by atoms with Crippen LogP contribution in [0.2, 0.25) is 0 Å². The molecule has 3 nitrogen and oxygen atoms in total. The first-order valence-corrected chi connectivity index (χ1v) is 7.59. The van der Waals surface area contributed by atoms with E-state index in [0.717, 1.165) is 25.2 Å². The summed E-state index contributed by atoms with van der Waals surface area (Å²) < 4.78 is 5.50. The Morgan fingerprint density at radius 3 is 3.00 bits per heavy atom. The summed E-state index contributed by atoms with van der Waals surface area (Å²) in [5.74, 6) is 0.843. The van der Waals surface area contributed by atoms with Crippen molar-refractivity contribution in [2.75, 3.05) is 18.9 Å². The van der Waals surface area contributed by atoms with Gasteiger partial charge in [0.1, 0.15) is 0 Å². The van der Waals surface area contributed by atoms with E-state index in [1.165, 1.54) is 5.56 Å². The topological polar surface area (TPSA) is 47.6 Å². The molecule has 1 aliphatic heterocycles. The minimum absolute atomic E-state index is 0.277. The zero-order valence-corrected chi connectivity index (χ0v) is 11.8. The number of nitrogens with zero attached hydrogens (tertiary/aromatic N) is 1. The van der Waals surface area contributed by atoms with Crippen LogP contribution in [0.25, 0.3) is 6.08 Å². The molecule has 2 N–H and O–H groups in total. The average molecular weight is 276 g/mol. The standard InChI is InChI=1S/C15H20N2OS/c16-15(17-12-14-9-4-10-18-14)19-11-5-8-13-6-2-1-3-7-13/h1-3,5-8,14H,4,9-12H2,(H2,16,17)/b8-5-/t14-/m1/s1. The normalized spacial score (nSPS) is 20.2. The number of amidine groups is 1. The maximum atomic E-state index is 5.85. The van der Waals surface area contributed by atoms with Crippen LogP contribution in [0.4, 0.5) is 0 Å². The van der Waals surface area contributed by atoms with E-state index >= 15 is 0 Å². The Morgan fingerprint density at radius 2 is 2.26 bits per heavy atom. The second-order valence-electron chi connectivity index (χ2n) is 4.44. The van der Waals surface area contributed by atoms with Crippen molar-refractivity contribution in [3.05, 3.63) is 42.0 Å². The fraction of sp³-hybridized carbons (Fsp3) is 0.400. The third kappa shape index (κ3) is 5.49. The van der Waals surface area contributed by atoms with E-state index in [-0.39, 0.29) is 6.10 Å². The SMILES string of the molecule is NC(=NC[C@H]1CCCO1)SC/C=C\c1ccccc1. The van der Waals surface area contributed by atoms with E-state index in [2.05, 4.69) is 29.3 Å². The Kier molecular flexibility index (Phi) is 5.98. The average Bonchev–Trinajstić information content (AvgIpc) is 2.96. The molecule has 0 aromatic heterocycles. The van der Waals surface area contributed by atoms with Crippen LogP contribution in [0.3, 0.4) is 0 Å². The van der Waals surface area contributed by atoms with Gasteiger partial charge < -0.3 is 10.5 Å². The summed E-state index contributed by atoms with van der Waals surface area (Å²) >= 11 is 1.56. The Morgan fingerprint density at radius 1 is 1.42 bits per heavy atom. The molecule has 0 saturated carbocycles. The second kappa shape index (κ2) is 8.02. The van der Waals surface area contributed by atoms with Crippen LogP contribution in [0.1, 0.15) is 18.4 Å². The second-order valence-corrected chi connectivity index (χ2v) is 5.48. The predicted molar refractivity (Wildman–Crippen MR) is 83.4 cm³/mol. The number of nitrogens with two attached hydrogens (primary N) is 1. The maximum absolute atomic E-state index is 5.85. The largest absolute Gasteiger partial charge is 0.379 e. The number of benzene rings is 1. The van der Waals surface area contributed by atoms with Gasteiger partial charge in [-0.2, -0.15) is 0 Å². The monoisotopic (exact) mass is 276 g/mol. The molecule has 0 radical (unpaired) electrons. The van der Waals surface area contributed by atoms with Gasteiger partial charge in [-0.1, -0.05) is 54.2 Å². The number of rotatable bonds is 5. The van der Waals surface area contributed by atoms with E-state index in [4.69, 9.17) is 10.5 Å². The van der Waals surface area contributed by atoms with Crippen molar-refractivity contribution in [2.45, 2.75) is 18.9 Å². The fourth-order valence-electron chi connectivity index (χ4n) is 1.91. The first-order chi connectivity index (χ1) is 9.34. The lowest BCUT2D eigenvalue weighted by molar-refractivity contribution is 0.118. The van der Waals surface area contributed by atoms with Crippen molar-refractivity contribution in [1.29, 1.82) is 0 Å². The van der Waals surface area contributed by atoms with Gasteiger partial charge in [0.25, 0.3) is 0 Å². The molecule has 0 bridgehead atoms. The summed E-state index contributed by atoms with van der Waals surface area (Å²) in [7, 11) is 0. The summed E-state index contributed by atoms with van der Waals surface area (Å²) in [4.78, 5) is 4.35. The molecule has 1 aromatic carbocycles. The third-order valence-electron chi connectivity index (χ3n) is 2.91. The van der Waals surface area contributed by atoms with Crippen molar-refractivity contribution < 1.29 is 4.74 Å². The van der Waals surface area contributed by atoms with E-state index in [1.54, 1.807) is 11.8 Å². The molecule has 1 aromatic rings. The first kappa shape index (κ1) is 14.2. The molecule has 0 unspecified atom stereocenters. The van der Waals surface area contributed by atoms with Crippen LogP contribution in [-0.4, -0.2) is 30.2 Å². The molecule has 1 atom stereocenters. The van der Waals surface area contributed by atoms with Crippen LogP contribution in [0, 0.1) is 0 Å². The molecule has 19 heavy (non-hydrogen) atoms. The van der Waals surface area contributed by atoms with Gasteiger partial charge in [-0.3, -0.25) is 4.99 Å². The lowest BCUT2D eigenvalue weighted by Crippen LogP contribution is -2.14. The van der Waals surface area contributed by atoms with E-state index in [9.17, 15) is 0 Å². The summed E-state index contributed by atoms with van der Waals surface area (Å²) in [5, 5.41) is 0.646. The van der Waals surface area contributed by atoms with Gasteiger partial charge in [0, 0.05) is 12.4 Å². The molecular formula is C15H20N2OS. The summed E-state index contributed by atoms with van der Waals surface area (Å²) in [6.45, 7) is 1.56. The van der Waals surface area contributed by atoms with Gasteiger partial charge in [0.2, 0.25) is 0 Å². The van der Waals surface area contributed by atoms with Crippen molar-refractivity contribution in [3.63, 3.8) is 0 Å². The predicted octanol–water partition coefficient (Wildman–Crippen LogP) is 2.93. The lowest BCUT2D eigenvalue weighted by atomic mass is 10.2. The minimum atomic E-state index is 0.277. The number of aliphatic imine (C=N–C) groups is 1. The smallest absolute Gasteiger partial charge is 0.154 e. The molecular weight excluding hydrogens is 256 g/mol. The molecule has 102 valence electrons. The maximum Gasteiger partial charge on any atom is 0.154 e. The number of ether oxygens (including phenoxy) is 1. The van der Waals surface area contributed by atoms with Gasteiger partial charge in [-0.25, -0.2) is 0 Å². The molecule has 1 fully saturated rings. The fourth-order valence-corrected chi connectivity index (χ4v) is 2.44. The Labute approximate surface area is 118 Å². The van der Waals surface area contributed by atoms with Gasteiger partial charge in [0.05, 0.1) is 12.6 Å². The molecule has 0 amide bonds. The summed E-state index contributed by atoms with van der Waals surface area (Å²) in [6, 6.07) is 10.2. The highest BCUT2D eigenvalue weighted by atomic mass is 32.2. The highest BCUT2D eigenvalue weighted by Gasteiger charge is 2.14. The van der Waals surface area contributed by atoms with Crippen LogP contribution in [0.5, 0.6) is 0 Å². The highest BCUT2D eigenvalue weighted by molar-refractivity contribution is 8.13. The Hall–Kier alpha value is -1.26. The zero-order chi connectivity index (χ0) is 13.3. The molecule has 0 aliphatic carbocycles. The number of thioether (sulfide) groups is 1. The van der Waals surface area contributed by atoms with E-state index in [0.29, 0.717) is 11.7 Å². The highest BCUT2D eigenvalue weighted by Crippen LogP contribution is 2.12. The van der Waals surface area contributed by atoms with Crippen LogP contribution < -0.4 is 5.73 Å². The molecule has 4 heteroatoms. The Balaban J connectivity index is 1.67. The van der Waals surface area contributed by atoms with Crippen molar-refractivity contribution in [1.82, 2.24) is 0 Å². The van der Waals surface area contributed by atoms with Crippen LogP contribution in [-0.2, 0) is 4.74 Å². The van der Waals surface area contributed by atoms with Crippen molar-refractivity contribution in [2.24, 2.45) is 10.7 Å². The molecule has 2 rings (SSSR count). The van der Waals surface area contributed by atoms with Gasteiger partial charge in [-0.15, -0.1) is 0 Å². The quantitative estimate of drug-likeness (QED) is 0.664. The molecule has 0 spiro atoms. The van der Waals surface area contributed by atoms with Crippen LogP contribution >= 0.6 is 11.8 Å². The summed E-state index contributed by atoms with van der Waals surface area (Å²) in [5.41, 5.74) is 7.06. The molecule has 1 heterocycles. The summed E-state index contributed by atoms with van der Waals surface area (Å²) in [6.07, 6.45) is 6.73. The minimum Gasteiger partial charge on any atom is -0.379 e. The Bertz CT molecular complexity index is 425. The van der Waals surface area contributed by atoms with Gasteiger partial charge in [-0.05, 0) is 18.4 Å². The third-order valence-corrected chi connectivity index (χ3v) is 3.70. The molecule has 1 saturated heterocycles. The lowest BCUT2D eigenvalue weighted by Gasteiger charge is -2.05. The number of hydrogen-bond donors (Lipinski definition) is 1. The number of hydrogen-bond acceptors (Lipinski definition) is 3. The first-order valence-electron chi connectivity index (χ1n) is 6.60. The molecule has 1 aliphatic rings. The van der Waals surface area contributed by atoms with Gasteiger partial charge in [0.15, 0.2) is 5.17 Å². The van der Waals surface area contributed by atoms with Crippen molar-refractivity contribution >= 4 is 23.0 Å². The van der Waals surface area contributed by atoms with Crippen LogP contribution in [0.15, 0.2) is 41.4 Å². The van der Waals surface area contributed by atoms with E-state index < -0.39 is 0 Å². The zero-order valence-electron chi connectivity index (χ0n) is 11.0. The van der Waals surface area contributed by atoms with E-state index in [1.807, 2.05) is 18.2 Å². The van der Waals surface area contributed by atoms with Gasteiger partial charge >= 0.3 is 0 Å².